The number of carbonyl (C=O) groups excluding carboxylic acids is 1. The van der Waals surface area contributed by atoms with Crippen LogP contribution in [0.25, 0.3) is 0 Å². The van der Waals surface area contributed by atoms with Crippen molar-refractivity contribution in [1.29, 1.82) is 0 Å². The highest BCUT2D eigenvalue weighted by molar-refractivity contribution is 7.99. The van der Waals surface area contributed by atoms with Gasteiger partial charge in [-0.3, -0.25) is 4.79 Å². The van der Waals surface area contributed by atoms with E-state index in [0.29, 0.717) is 21.9 Å². The fourth-order valence-electron chi connectivity index (χ4n) is 2.01. The summed E-state index contributed by atoms with van der Waals surface area (Å²) >= 11 is 3.23. The Kier molecular flexibility index (Phi) is 4.49. The maximum absolute atomic E-state index is 12.5. The van der Waals surface area contributed by atoms with Crippen molar-refractivity contribution in [3.8, 4) is 0 Å². The number of hydrogen-bond acceptors (Lipinski definition) is 6. The van der Waals surface area contributed by atoms with Gasteiger partial charge in [0.05, 0.1) is 0 Å². The van der Waals surface area contributed by atoms with Gasteiger partial charge in [0.15, 0.2) is 5.13 Å². The lowest BCUT2D eigenvalue weighted by Crippen LogP contribution is -2.36. The molecular formula is C13H22N4OS2. The summed E-state index contributed by atoms with van der Waals surface area (Å²) in [4.78, 5) is 19.1. The summed E-state index contributed by atoms with van der Waals surface area (Å²) in [6, 6.07) is 0.313. The average Bonchev–Trinajstić information content (AvgIpc) is 2.95. The van der Waals surface area contributed by atoms with Crippen molar-refractivity contribution in [3.63, 3.8) is 0 Å². The summed E-state index contributed by atoms with van der Waals surface area (Å²) in [5, 5.41) is 3.96. The third-order valence-corrected chi connectivity index (χ3v) is 5.22. The minimum atomic E-state index is -0.0986. The molecule has 5 nitrogen and oxygen atoms in total. The molecular weight excluding hydrogens is 292 g/mol. The average molecular weight is 314 g/mol. The molecule has 1 aromatic heterocycles. The van der Waals surface area contributed by atoms with Gasteiger partial charge in [-0.15, -0.1) is 0 Å². The Hall–Kier alpha value is -0.950. The summed E-state index contributed by atoms with van der Waals surface area (Å²) in [6.45, 7) is 6.15. The molecule has 112 valence electrons. The van der Waals surface area contributed by atoms with Gasteiger partial charge in [0.2, 0.25) is 0 Å². The fraction of sp³-hybridized carbons (Fsp3) is 0.692. The van der Waals surface area contributed by atoms with Crippen molar-refractivity contribution in [3.05, 3.63) is 4.88 Å². The normalized spacial score (nSPS) is 19.1. The Morgan fingerprint density at radius 2 is 2.20 bits per heavy atom. The Morgan fingerprint density at radius 1 is 1.50 bits per heavy atom. The number of hydrogen-bond donors (Lipinski definition) is 2. The Bertz CT molecular complexity index is 489. The van der Waals surface area contributed by atoms with Crippen LogP contribution in [-0.4, -0.2) is 45.9 Å². The number of nitrogen functional groups attached to an aromatic ring is 1. The second kappa shape index (κ2) is 5.81. The molecule has 0 bridgehead atoms. The minimum Gasteiger partial charge on any atom is -0.382 e. The fourth-order valence-corrected chi connectivity index (χ4v) is 4.36. The van der Waals surface area contributed by atoms with Crippen LogP contribution < -0.4 is 11.1 Å². The topological polar surface area (TPSA) is 71.2 Å². The van der Waals surface area contributed by atoms with Crippen molar-refractivity contribution >= 4 is 40.0 Å². The van der Waals surface area contributed by atoms with Crippen molar-refractivity contribution in [1.82, 2.24) is 9.88 Å². The first-order valence-corrected chi connectivity index (χ1v) is 8.64. The summed E-state index contributed by atoms with van der Waals surface area (Å²) < 4.78 is 0. The molecule has 1 atom stereocenters. The SMILES string of the molecule is CN(C(=O)c1sc(NC(C)(C)C)nc1N)C1CCSC1. The van der Waals surface area contributed by atoms with E-state index < -0.39 is 0 Å². The van der Waals surface area contributed by atoms with Crippen LogP contribution in [0.2, 0.25) is 0 Å². The Balaban J connectivity index is 2.13. The Labute approximate surface area is 128 Å². The molecule has 1 saturated heterocycles. The number of thiazole rings is 1. The van der Waals surface area contributed by atoms with Gasteiger partial charge in [0, 0.05) is 24.4 Å². The number of carbonyl (C=O) groups is 1. The molecule has 1 fully saturated rings. The molecule has 2 rings (SSSR count). The predicted octanol–water partition coefficient (Wildman–Crippen LogP) is 2.51. The van der Waals surface area contributed by atoms with Crippen LogP contribution >= 0.6 is 23.1 Å². The lowest BCUT2D eigenvalue weighted by atomic mass is 10.1. The second-order valence-electron chi connectivity index (χ2n) is 6.04. The molecule has 1 aliphatic rings. The minimum absolute atomic E-state index is 0.0190. The number of anilines is 2. The van der Waals surface area contributed by atoms with E-state index in [1.165, 1.54) is 11.3 Å². The Morgan fingerprint density at radius 3 is 2.75 bits per heavy atom. The molecule has 0 aromatic carbocycles. The van der Waals surface area contributed by atoms with Gasteiger partial charge in [-0.25, -0.2) is 4.98 Å². The molecule has 1 aliphatic heterocycles. The van der Waals surface area contributed by atoms with Crippen LogP contribution in [0.4, 0.5) is 10.9 Å². The highest BCUT2D eigenvalue weighted by Crippen LogP contribution is 2.30. The van der Waals surface area contributed by atoms with Gasteiger partial charge in [-0.1, -0.05) is 11.3 Å². The first-order valence-electron chi connectivity index (χ1n) is 6.67. The van der Waals surface area contributed by atoms with Gasteiger partial charge in [0.1, 0.15) is 10.7 Å². The molecule has 2 heterocycles. The zero-order chi connectivity index (χ0) is 14.9. The van der Waals surface area contributed by atoms with Crippen LogP contribution in [0, 0.1) is 0 Å². The van der Waals surface area contributed by atoms with Gasteiger partial charge >= 0.3 is 0 Å². The molecule has 0 radical (unpaired) electrons. The van der Waals surface area contributed by atoms with E-state index in [-0.39, 0.29) is 11.4 Å². The third-order valence-electron chi connectivity index (χ3n) is 3.10. The number of nitrogens with two attached hydrogens (primary N) is 1. The quantitative estimate of drug-likeness (QED) is 0.897. The number of nitrogens with one attached hydrogen (secondary N) is 1. The molecule has 1 unspecified atom stereocenters. The number of aromatic nitrogens is 1. The monoisotopic (exact) mass is 314 g/mol. The molecule has 0 saturated carbocycles. The molecule has 0 spiro atoms. The van der Waals surface area contributed by atoms with Crippen molar-refractivity contribution in [2.24, 2.45) is 0 Å². The van der Waals surface area contributed by atoms with Crippen LogP contribution in [0.3, 0.4) is 0 Å². The maximum atomic E-state index is 12.5. The number of rotatable bonds is 3. The molecule has 1 aromatic rings. The van der Waals surface area contributed by atoms with Crippen LogP contribution in [0.15, 0.2) is 0 Å². The summed E-state index contributed by atoms with van der Waals surface area (Å²) in [5.41, 5.74) is 5.81. The number of amides is 1. The lowest BCUT2D eigenvalue weighted by Gasteiger charge is -2.23. The highest BCUT2D eigenvalue weighted by Gasteiger charge is 2.28. The van der Waals surface area contributed by atoms with Crippen LogP contribution in [0.5, 0.6) is 0 Å². The molecule has 20 heavy (non-hydrogen) atoms. The molecule has 3 N–H and O–H groups in total. The van der Waals surface area contributed by atoms with Crippen molar-refractivity contribution in [2.75, 3.05) is 29.6 Å². The second-order valence-corrected chi connectivity index (χ2v) is 8.19. The summed E-state index contributed by atoms with van der Waals surface area (Å²) in [7, 11) is 1.86. The lowest BCUT2D eigenvalue weighted by molar-refractivity contribution is 0.0753. The largest absolute Gasteiger partial charge is 0.382 e. The number of nitrogens with zero attached hydrogens (tertiary/aromatic N) is 2. The first kappa shape index (κ1) is 15.4. The molecule has 1 amide bonds. The van der Waals surface area contributed by atoms with E-state index in [4.69, 9.17) is 5.73 Å². The first-order chi connectivity index (χ1) is 9.28. The standard InChI is InChI=1S/C13H22N4OS2/c1-13(2,3)16-12-15-10(14)9(20-12)11(18)17(4)8-5-6-19-7-8/h8H,5-7,14H2,1-4H3,(H,15,16). The predicted molar refractivity (Wildman–Crippen MR) is 87.7 cm³/mol. The zero-order valence-electron chi connectivity index (χ0n) is 12.4. The van der Waals surface area contributed by atoms with Crippen LogP contribution in [-0.2, 0) is 0 Å². The van der Waals surface area contributed by atoms with Crippen molar-refractivity contribution < 1.29 is 4.79 Å². The van der Waals surface area contributed by atoms with Gasteiger partial charge in [0.25, 0.3) is 5.91 Å². The maximum Gasteiger partial charge on any atom is 0.267 e. The van der Waals surface area contributed by atoms with E-state index in [2.05, 4.69) is 10.3 Å². The summed E-state index contributed by atoms with van der Waals surface area (Å²) in [6.07, 6.45) is 1.05. The third kappa shape index (κ3) is 3.58. The smallest absolute Gasteiger partial charge is 0.267 e. The van der Waals surface area contributed by atoms with Crippen LogP contribution in [0.1, 0.15) is 36.9 Å². The summed E-state index contributed by atoms with van der Waals surface area (Å²) in [5.74, 6) is 2.43. The van der Waals surface area contributed by atoms with E-state index >= 15 is 0 Å². The van der Waals surface area contributed by atoms with Crippen molar-refractivity contribution in [2.45, 2.75) is 38.8 Å². The number of thioether (sulfide) groups is 1. The van der Waals surface area contributed by atoms with Gasteiger partial charge in [-0.05, 0) is 32.9 Å². The highest BCUT2D eigenvalue weighted by atomic mass is 32.2. The molecule has 0 aliphatic carbocycles. The van der Waals surface area contributed by atoms with Gasteiger partial charge < -0.3 is 16.0 Å². The molecule has 7 heteroatoms. The van der Waals surface area contributed by atoms with E-state index in [9.17, 15) is 4.79 Å². The van der Waals surface area contributed by atoms with E-state index in [0.717, 1.165) is 17.9 Å². The van der Waals surface area contributed by atoms with Gasteiger partial charge in [-0.2, -0.15) is 11.8 Å². The van der Waals surface area contributed by atoms with E-state index in [1.54, 1.807) is 0 Å². The van der Waals surface area contributed by atoms with E-state index in [1.807, 2.05) is 44.5 Å². The zero-order valence-corrected chi connectivity index (χ0v) is 14.0.